The predicted octanol–water partition coefficient (Wildman–Crippen LogP) is 4.06. The Balaban J connectivity index is 2.09. The van der Waals surface area contributed by atoms with E-state index in [9.17, 15) is 4.79 Å². The molecule has 2 atom stereocenters. The van der Waals surface area contributed by atoms with Crippen LogP contribution in [0.3, 0.4) is 0 Å². The second-order valence-electron chi connectivity index (χ2n) is 6.35. The summed E-state index contributed by atoms with van der Waals surface area (Å²) in [6.45, 7) is 7.40. The van der Waals surface area contributed by atoms with Crippen LogP contribution in [0, 0.1) is 11.8 Å². The molecule has 3 heteroatoms. The summed E-state index contributed by atoms with van der Waals surface area (Å²) in [4.78, 5) is 12.6. The molecule has 1 fully saturated rings. The van der Waals surface area contributed by atoms with E-state index in [0.29, 0.717) is 17.9 Å². The predicted molar refractivity (Wildman–Crippen MR) is 88.7 cm³/mol. The molecule has 0 aromatic heterocycles. The summed E-state index contributed by atoms with van der Waals surface area (Å²) in [5.41, 5.74) is 1.68. The summed E-state index contributed by atoms with van der Waals surface area (Å²) >= 11 is 0. The van der Waals surface area contributed by atoms with Gasteiger partial charge in [-0.3, -0.25) is 4.79 Å². The summed E-state index contributed by atoms with van der Waals surface area (Å²) in [6, 6.07) is 8.09. The maximum atomic E-state index is 12.6. The standard InChI is InChI=1S/C18H28N2O/c1-4-19-16-11-7-6-10-15(16)18(21)20-17-12-8-5-9-14(17)13(2)3/h6-7,10-11,13-14,17,19H,4-5,8-9,12H2,1-3H3,(H,20,21). The first kappa shape index (κ1) is 15.9. The van der Waals surface area contributed by atoms with Crippen molar-refractivity contribution in [1.29, 1.82) is 0 Å². The monoisotopic (exact) mass is 288 g/mol. The van der Waals surface area contributed by atoms with Gasteiger partial charge in [0.1, 0.15) is 0 Å². The van der Waals surface area contributed by atoms with Crippen LogP contribution < -0.4 is 10.6 Å². The molecule has 2 unspecified atom stereocenters. The fourth-order valence-electron chi connectivity index (χ4n) is 3.41. The zero-order valence-corrected chi connectivity index (χ0v) is 13.5. The molecule has 2 rings (SSSR count). The molecule has 0 spiro atoms. The van der Waals surface area contributed by atoms with E-state index >= 15 is 0 Å². The number of nitrogens with one attached hydrogen (secondary N) is 2. The first-order valence-corrected chi connectivity index (χ1v) is 8.27. The van der Waals surface area contributed by atoms with Crippen LogP contribution in [0.15, 0.2) is 24.3 Å². The van der Waals surface area contributed by atoms with Crippen molar-refractivity contribution in [2.75, 3.05) is 11.9 Å². The van der Waals surface area contributed by atoms with E-state index in [4.69, 9.17) is 0 Å². The number of hydrogen-bond donors (Lipinski definition) is 2. The number of benzene rings is 1. The number of hydrogen-bond acceptors (Lipinski definition) is 2. The Labute approximate surface area is 128 Å². The van der Waals surface area contributed by atoms with E-state index < -0.39 is 0 Å². The van der Waals surface area contributed by atoms with Crippen LogP contribution in [-0.2, 0) is 0 Å². The van der Waals surface area contributed by atoms with Gasteiger partial charge in [-0.05, 0) is 43.7 Å². The van der Waals surface area contributed by atoms with Crippen molar-refractivity contribution in [2.24, 2.45) is 11.8 Å². The van der Waals surface area contributed by atoms with Crippen LogP contribution in [0.4, 0.5) is 5.69 Å². The minimum atomic E-state index is 0.0594. The van der Waals surface area contributed by atoms with Gasteiger partial charge in [0.05, 0.1) is 5.56 Å². The normalized spacial score (nSPS) is 22.1. The third kappa shape index (κ3) is 3.99. The minimum absolute atomic E-state index is 0.0594. The van der Waals surface area contributed by atoms with Crippen molar-refractivity contribution >= 4 is 11.6 Å². The van der Waals surface area contributed by atoms with Crippen molar-refractivity contribution in [3.8, 4) is 0 Å². The van der Waals surface area contributed by atoms with Crippen molar-refractivity contribution in [3.05, 3.63) is 29.8 Å². The summed E-state index contributed by atoms with van der Waals surface area (Å²) in [5.74, 6) is 1.29. The second kappa shape index (κ2) is 7.48. The lowest BCUT2D eigenvalue weighted by Crippen LogP contribution is -2.44. The maximum Gasteiger partial charge on any atom is 0.253 e. The lowest BCUT2D eigenvalue weighted by Gasteiger charge is -2.35. The number of rotatable bonds is 5. The molecule has 2 N–H and O–H groups in total. The molecule has 1 aliphatic carbocycles. The molecule has 1 amide bonds. The zero-order chi connectivity index (χ0) is 15.2. The summed E-state index contributed by atoms with van der Waals surface area (Å²) in [5, 5.41) is 6.55. The molecule has 0 heterocycles. The van der Waals surface area contributed by atoms with Gasteiger partial charge in [-0.15, -0.1) is 0 Å². The number of anilines is 1. The summed E-state index contributed by atoms with van der Waals surface area (Å²) in [6.07, 6.45) is 4.86. The number of para-hydroxylation sites is 1. The van der Waals surface area contributed by atoms with Gasteiger partial charge in [0.25, 0.3) is 5.91 Å². The first-order valence-electron chi connectivity index (χ1n) is 8.27. The third-order valence-electron chi connectivity index (χ3n) is 4.53. The molecular weight excluding hydrogens is 260 g/mol. The Hall–Kier alpha value is -1.51. The molecule has 0 aliphatic heterocycles. The third-order valence-corrected chi connectivity index (χ3v) is 4.53. The summed E-state index contributed by atoms with van der Waals surface area (Å²) < 4.78 is 0. The molecule has 116 valence electrons. The highest BCUT2D eigenvalue weighted by Crippen LogP contribution is 2.30. The quantitative estimate of drug-likeness (QED) is 0.857. The largest absolute Gasteiger partial charge is 0.385 e. The molecule has 0 saturated heterocycles. The van der Waals surface area contributed by atoms with Crippen molar-refractivity contribution in [2.45, 2.75) is 52.5 Å². The average Bonchev–Trinajstić information content (AvgIpc) is 2.48. The highest BCUT2D eigenvalue weighted by molar-refractivity contribution is 5.99. The fourth-order valence-corrected chi connectivity index (χ4v) is 3.41. The van der Waals surface area contributed by atoms with Crippen LogP contribution in [0.1, 0.15) is 56.8 Å². The topological polar surface area (TPSA) is 41.1 Å². The molecule has 1 aliphatic rings. The highest BCUT2D eigenvalue weighted by atomic mass is 16.1. The second-order valence-corrected chi connectivity index (χ2v) is 6.35. The van der Waals surface area contributed by atoms with Crippen molar-refractivity contribution < 1.29 is 4.79 Å². The van der Waals surface area contributed by atoms with Crippen LogP contribution in [0.5, 0.6) is 0 Å². The molecular formula is C18H28N2O. The number of carbonyl (C=O) groups excluding carboxylic acids is 1. The van der Waals surface area contributed by atoms with Gasteiger partial charge >= 0.3 is 0 Å². The van der Waals surface area contributed by atoms with E-state index in [1.54, 1.807) is 0 Å². The molecule has 1 aromatic rings. The Morgan fingerprint density at radius 1 is 1.24 bits per heavy atom. The lowest BCUT2D eigenvalue weighted by molar-refractivity contribution is 0.0890. The van der Waals surface area contributed by atoms with Gasteiger partial charge < -0.3 is 10.6 Å². The van der Waals surface area contributed by atoms with E-state index in [1.807, 2.05) is 31.2 Å². The van der Waals surface area contributed by atoms with Gasteiger partial charge in [-0.25, -0.2) is 0 Å². The van der Waals surface area contributed by atoms with Gasteiger partial charge in [0.15, 0.2) is 0 Å². The zero-order valence-electron chi connectivity index (χ0n) is 13.5. The fraction of sp³-hybridized carbons (Fsp3) is 0.611. The van der Waals surface area contributed by atoms with E-state index in [0.717, 1.165) is 24.2 Å². The van der Waals surface area contributed by atoms with E-state index in [1.165, 1.54) is 19.3 Å². The van der Waals surface area contributed by atoms with Crippen LogP contribution in [0.25, 0.3) is 0 Å². The molecule has 1 saturated carbocycles. The van der Waals surface area contributed by atoms with Crippen LogP contribution in [0.2, 0.25) is 0 Å². The van der Waals surface area contributed by atoms with Gasteiger partial charge in [-0.1, -0.05) is 38.8 Å². The van der Waals surface area contributed by atoms with Gasteiger partial charge in [-0.2, -0.15) is 0 Å². The first-order chi connectivity index (χ1) is 10.1. The average molecular weight is 288 g/mol. The van der Waals surface area contributed by atoms with Gasteiger partial charge in [0, 0.05) is 18.3 Å². The maximum absolute atomic E-state index is 12.6. The van der Waals surface area contributed by atoms with Crippen LogP contribution in [-0.4, -0.2) is 18.5 Å². The molecule has 1 aromatic carbocycles. The summed E-state index contributed by atoms with van der Waals surface area (Å²) in [7, 11) is 0. The molecule has 0 bridgehead atoms. The Morgan fingerprint density at radius 3 is 2.67 bits per heavy atom. The molecule has 0 radical (unpaired) electrons. The van der Waals surface area contributed by atoms with Crippen molar-refractivity contribution in [1.82, 2.24) is 5.32 Å². The number of carbonyl (C=O) groups is 1. The van der Waals surface area contributed by atoms with E-state index in [-0.39, 0.29) is 5.91 Å². The van der Waals surface area contributed by atoms with Gasteiger partial charge in [0.2, 0.25) is 0 Å². The lowest BCUT2D eigenvalue weighted by atomic mass is 9.78. The smallest absolute Gasteiger partial charge is 0.253 e. The molecule has 21 heavy (non-hydrogen) atoms. The SMILES string of the molecule is CCNc1ccccc1C(=O)NC1CCCCC1C(C)C. The number of amides is 1. The molecule has 3 nitrogen and oxygen atoms in total. The minimum Gasteiger partial charge on any atom is -0.385 e. The van der Waals surface area contributed by atoms with E-state index in [2.05, 4.69) is 24.5 Å². The van der Waals surface area contributed by atoms with Crippen molar-refractivity contribution in [3.63, 3.8) is 0 Å². The Bertz CT molecular complexity index is 470. The Morgan fingerprint density at radius 2 is 1.95 bits per heavy atom. The highest BCUT2D eigenvalue weighted by Gasteiger charge is 2.29. The van der Waals surface area contributed by atoms with Crippen LogP contribution >= 0.6 is 0 Å². The Kier molecular flexibility index (Phi) is 5.66.